The van der Waals surface area contributed by atoms with Crippen LogP contribution in [-0.2, 0) is 40.1 Å². The summed E-state index contributed by atoms with van der Waals surface area (Å²) in [4.78, 5) is 91.8. The highest BCUT2D eigenvalue weighted by atomic mass is 35.5. The molecule has 6 rings (SSSR count). The van der Waals surface area contributed by atoms with Gasteiger partial charge in [-0.2, -0.15) is 0 Å². The summed E-state index contributed by atoms with van der Waals surface area (Å²) in [5.41, 5.74) is -0.543. The Hall–Kier alpha value is -4.30. The first-order chi connectivity index (χ1) is 25.2. The maximum absolute atomic E-state index is 14.8. The van der Waals surface area contributed by atoms with Gasteiger partial charge < -0.3 is 30.6 Å². The maximum Gasteiger partial charge on any atom is 0.289 e. The Kier molecular flexibility index (Phi) is 11.3. The van der Waals surface area contributed by atoms with E-state index in [-0.39, 0.29) is 44.2 Å². The van der Waals surface area contributed by atoms with E-state index < -0.39 is 64.6 Å². The van der Waals surface area contributed by atoms with Crippen molar-refractivity contribution in [2.45, 2.75) is 121 Å². The van der Waals surface area contributed by atoms with Crippen LogP contribution >= 0.6 is 22.9 Å². The third kappa shape index (κ3) is 8.75. The summed E-state index contributed by atoms with van der Waals surface area (Å²) in [5, 5.41) is 15.2. The van der Waals surface area contributed by atoms with Gasteiger partial charge in [-0.1, -0.05) is 69.1 Å². The molecule has 1 aromatic carbocycles. The summed E-state index contributed by atoms with van der Waals surface area (Å²) < 4.78 is 0. The Morgan fingerprint density at radius 1 is 1.06 bits per heavy atom. The Morgan fingerprint density at radius 2 is 1.81 bits per heavy atom. The van der Waals surface area contributed by atoms with Gasteiger partial charge in [0.05, 0.1) is 24.8 Å². The van der Waals surface area contributed by atoms with E-state index in [0.29, 0.717) is 30.1 Å². The van der Waals surface area contributed by atoms with Crippen LogP contribution < -0.4 is 16.0 Å². The van der Waals surface area contributed by atoms with E-state index in [2.05, 4.69) is 21.1 Å². The van der Waals surface area contributed by atoms with E-state index >= 15 is 0 Å². The standard InChI is InChI=1S/C38H47ClN6O7S/c1-5-8-26(31(47)35(50)40-24-12-13-24)41-34(49)29-19-38(18-27(43-52-38)22-9-6-10-23(39)17-22)21-45(29)36(51)32(37(2,3)4)42-33(48)28-14-15-30(46)44(28)20-25-11-7-16-53-25/h6-7,9-11,16-17,24,26,28-29,32H,5,8,12-15,18-21H2,1-4H3,(H,40,50)(H,41,49)(H,42,48)/t26-,28-,29-,32+,38+/m0/s1. The van der Waals surface area contributed by atoms with Crippen LogP contribution in [0.5, 0.6) is 0 Å². The zero-order valence-electron chi connectivity index (χ0n) is 30.5. The molecule has 3 fully saturated rings. The molecule has 4 aliphatic rings. The number of thiophene rings is 1. The normalized spacial score (nSPS) is 23.7. The Balaban J connectivity index is 1.25. The molecule has 0 bridgehead atoms. The molecule has 1 spiro atoms. The molecule has 1 saturated carbocycles. The zero-order chi connectivity index (χ0) is 38.1. The molecule has 53 heavy (non-hydrogen) atoms. The number of hydrogen-bond donors (Lipinski definition) is 3. The number of halogens is 1. The molecule has 0 unspecified atom stereocenters. The molecule has 5 amide bonds. The van der Waals surface area contributed by atoms with Crippen LogP contribution in [-0.4, -0.2) is 93.2 Å². The largest absolute Gasteiger partial charge is 0.387 e. The average Bonchev–Trinajstić information content (AvgIpc) is 3.46. The highest BCUT2D eigenvalue weighted by Crippen LogP contribution is 2.40. The molecule has 13 nitrogen and oxygen atoms in total. The van der Waals surface area contributed by atoms with Gasteiger partial charge >= 0.3 is 0 Å². The van der Waals surface area contributed by atoms with E-state index in [1.165, 1.54) is 16.2 Å². The first-order valence-electron chi connectivity index (χ1n) is 18.3. The number of ketones is 1. The second kappa shape index (κ2) is 15.6. The number of nitrogens with one attached hydrogen (secondary N) is 3. The van der Waals surface area contributed by atoms with Crippen molar-refractivity contribution in [3.05, 3.63) is 57.2 Å². The van der Waals surface area contributed by atoms with Crippen LogP contribution in [0.25, 0.3) is 0 Å². The molecular weight excluding hydrogens is 720 g/mol. The first kappa shape index (κ1) is 38.4. The number of benzene rings is 1. The lowest BCUT2D eigenvalue weighted by Gasteiger charge is -2.36. The summed E-state index contributed by atoms with van der Waals surface area (Å²) in [6, 6.07) is 6.87. The van der Waals surface area contributed by atoms with E-state index in [0.717, 1.165) is 23.3 Å². The van der Waals surface area contributed by atoms with Crippen molar-refractivity contribution in [1.82, 2.24) is 25.8 Å². The summed E-state index contributed by atoms with van der Waals surface area (Å²) >= 11 is 7.76. The minimum atomic E-state index is -1.11. The van der Waals surface area contributed by atoms with Crippen molar-refractivity contribution in [3.63, 3.8) is 0 Å². The van der Waals surface area contributed by atoms with Gasteiger partial charge in [0, 0.05) is 40.8 Å². The number of amides is 5. The van der Waals surface area contributed by atoms with Gasteiger partial charge in [-0.15, -0.1) is 11.3 Å². The van der Waals surface area contributed by atoms with E-state index in [9.17, 15) is 28.8 Å². The van der Waals surface area contributed by atoms with Gasteiger partial charge in [0.2, 0.25) is 29.4 Å². The lowest BCUT2D eigenvalue weighted by molar-refractivity contribution is -0.146. The fourth-order valence-corrected chi connectivity index (χ4v) is 8.14. The Morgan fingerprint density at radius 3 is 2.47 bits per heavy atom. The maximum atomic E-state index is 14.8. The quantitative estimate of drug-likeness (QED) is 0.262. The minimum absolute atomic E-state index is 0.0269. The van der Waals surface area contributed by atoms with Gasteiger partial charge in [0.1, 0.15) is 18.1 Å². The highest BCUT2D eigenvalue weighted by molar-refractivity contribution is 7.09. The molecule has 1 aromatic heterocycles. The number of hydrogen-bond acceptors (Lipinski definition) is 9. The average molecular weight is 767 g/mol. The van der Waals surface area contributed by atoms with E-state index in [1.54, 1.807) is 23.1 Å². The zero-order valence-corrected chi connectivity index (χ0v) is 32.1. The first-order valence-corrected chi connectivity index (χ1v) is 19.5. The molecule has 0 radical (unpaired) electrons. The van der Waals surface area contributed by atoms with Crippen molar-refractivity contribution in [3.8, 4) is 0 Å². The predicted molar refractivity (Wildman–Crippen MR) is 199 cm³/mol. The molecule has 5 atom stereocenters. The lowest BCUT2D eigenvalue weighted by atomic mass is 9.85. The van der Waals surface area contributed by atoms with Crippen LogP contribution in [0.4, 0.5) is 0 Å². The number of carbonyl (C=O) groups excluding carboxylic acids is 6. The summed E-state index contributed by atoms with van der Waals surface area (Å²) in [5.74, 6) is -3.18. The van der Waals surface area contributed by atoms with E-state index in [4.69, 9.17) is 16.4 Å². The second-order valence-corrected chi connectivity index (χ2v) is 17.1. The molecule has 1 aliphatic carbocycles. The fraction of sp³-hybridized carbons (Fsp3) is 0.553. The smallest absolute Gasteiger partial charge is 0.289 e. The highest BCUT2D eigenvalue weighted by Gasteiger charge is 2.56. The SMILES string of the molecule is CCC[C@H](NC(=O)[C@@H]1C[C@]2(CC(c3cccc(Cl)c3)=NO2)CN1C(=O)[C@@H](NC(=O)[C@@H]1CCC(=O)N1Cc1cccs1)C(C)(C)C)C(=O)C(=O)NC1CC1. The number of nitrogens with zero attached hydrogens (tertiary/aromatic N) is 3. The number of Topliss-reactive ketones (excluding diaryl/α,β-unsaturated/α-hetero) is 1. The number of likely N-dealkylation sites (tertiary alicyclic amines) is 2. The van der Waals surface area contributed by atoms with Crippen molar-refractivity contribution >= 4 is 64.0 Å². The van der Waals surface area contributed by atoms with E-state index in [1.807, 2.05) is 51.3 Å². The topological polar surface area (TPSA) is 167 Å². The molecule has 4 heterocycles. The lowest BCUT2D eigenvalue weighted by Crippen LogP contribution is -2.60. The second-order valence-electron chi connectivity index (χ2n) is 15.6. The summed E-state index contributed by atoms with van der Waals surface area (Å²) in [6.45, 7) is 7.58. The van der Waals surface area contributed by atoms with Crippen LogP contribution in [0.1, 0.15) is 89.5 Å². The van der Waals surface area contributed by atoms with Crippen LogP contribution in [0.2, 0.25) is 5.02 Å². The van der Waals surface area contributed by atoms with Crippen LogP contribution in [0, 0.1) is 5.41 Å². The molecule has 3 aliphatic heterocycles. The summed E-state index contributed by atoms with van der Waals surface area (Å²) in [6.07, 6.45) is 3.23. The number of carbonyl (C=O) groups is 6. The fourth-order valence-electron chi connectivity index (χ4n) is 7.25. The van der Waals surface area contributed by atoms with Gasteiger partial charge in [-0.3, -0.25) is 28.8 Å². The monoisotopic (exact) mass is 766 g/mol. The number of oxime groups is 1. The van der Waals surface area contributed by atoms with Crippen LogP contribution in [0.3, 0.4) is 0 Å². The van der Waals surface area contributed by atoms with Crippen molar-refractivity contribution in [2.24, 2.45) is 10.6 Å². The Labute approximate surface area is 318 Å². The van der Waals surface area contributed by atoms with Gasteiger partial charge in [-0.05, 0) is 54.7 Å². The molecule has 284 valence electrons. The van der Waals surface area contributed by atoms with Gasteiger partial charge in [-0.25, -0.2) is 0 Å². The van der Waals surface area contributed by atoms with Crippen molar-refractivity contribution < 1.29 is 33.6 Å². The van der Waals surface area contributed by atoms with Crippen molar-refractivity contribution in [2.75, 3.05) is 6.54 Å². The molecule has 2 saturated heterocycles. The predicted octanol–water partition coefficient (Wildman–Crippen LogP) is 3.72. The van der Waals surface area contributed by atoms with Crippen LogP contribution in [0.15, 0.2) is 46.9 Å². The van der Waals surface area contributed by atoms with Crippen molar-refractivity contribution in [1.29, 1.82) is 0 Å². The van der Waals surface area contributed by atoms with Gasteiger partial charge in [0.25, 0.3) is 5.91 Å². The van der Waals surface area contributed by atoms with Gasteiger partial charge in [0.15, 0.2) is 5.60 Å². The molecule has 15 heteroatoms. The number of rotatable bonds is 13. The molecule has 2 aromatic rings. The summed E-state index contributed by atoms with van der Waals surface area (Å²) in [7, 11) is 0. The minimum Gasteiger partial charge on any atom is -0.387 e. The molecule has 3 N–H and O–H groups in total. The Bertz CT molecular complexity index is 1790. The third-order valence-corrected chi connectivity index (χ3v) is 11.4. The molecular formula is C38H47ClN6O7S. The third-order valence-electron chi connectivity index (χ3n) is 10.3.